The molecule has 1 nitrogen and oxygen atoms in total. The van der Waals surface area contributed by atoms with Gasteiger partial charge in [-0.1, -0.05) is 6.07 Å². The highest BCUT2D eigenvalue weighted by atomic mass is 32.2. The van der Waals surface area contributed by atoms with E-state index in [2.05, 4.69) is 17.5 Å². The van der Waals surface area contributed by atoms with Gasteiger partial charge < -0.3 is 5.11 Å². The van der Waals surface area contributed by atoms with Gasteiger partial charge in [0, 0.05) is 4.88 Å². The Balaban J connectivity index is 1.74. The number of aliphatic hydroxyl groups is 1. The van der Waals surface area contributed by atoms with Crippen molar-refractivity contribution in [3.05, 3.63) is 22.4 Å². The van der Waals surface area contributed by atoms with Crippen molar-refractivity contribution in [2.75, 3.05) is 11.5 Å². The van der Waals surface area contributed by atoms with Gasteiger partial charge in [-0.05, 0) is 48.1 Å². The van der Waals surface area contributed by atoms with Crippen molar-refractivity contribution in [1.29, 1.82) is 0 Å². The van der Waals surface area contributed by atoms with E-state index in [-0.39, 0.29) is 6.10 Å². The second kappa shape index (κ2) is 5.19. The maximum absolute atomic E-state index is 9.94. The van der Waals surface area contributed by atoms with E-state index in [9.17, 15) is 5.11 Å². The summed E-state index contributed by atoms with van der Waals surface area (Å²) in [6, 6.07) is 4.23. The van der Waals surface area contributed by atoms with E-state index in [0.717, 1.165) is 18.6 Å². The van der Waals surface area contributed by atoms with Crippen LogP contribution >= 0.6 is 23.1 Å². The Morgan fingerprint density at radius 1 is 1.57 bits per heavy atom. The summed E-state index contributed by atoms with van der Waals surface area (Å²) in [5.74, 6) is 2.95. The van der Waals surface area contributed by atoms with Gasteiger partial charge in [0.05, 0.1) is 6.10 Å². The first-order valence-corrected chi connectivity index (χ1v) is 7.18. The summed E-state index contributed by atoms with van der Waals surface area (Å²) in [7, 11) is 0. The van der Waals surface area contributed by atoms with Crippen molar-refractivity contribution < 1.29 is 5.11 Å². The molecule has 2 unspecified atom stereocenters. The molecule has 2 atom stereocenters. The van der Waals surface area contributed by atoms with Crippen LogP contribution in [0.1, 0.15) is 17.7 Å². The molecule has 0 aromatic carbocycles. The predicted octanol–water partition coefficient (Wildman–Crippen LogP) is 2.79. The number of rotatable bonds is 4. The summed E-state index contributed by atoms with van der Waals surface area (Å²) in [5, 5.41) is 12.0. The molecule has 3 heteroatoms. The molecule has 1 N–H and O–H groups in total. The lowest BCUT2D eigenvalue weighted by molar-refractivity contribution is 0.111. The minimum Gasteiger partial charge on any atom is -0.393 e. The SMILES string of the molecule is OC(CCc1cccs1)C1CCSC1. The van der Waals surface area contributed by atoms with E-state index in [1.807, 2.05) is 11.8 Å². The second-order valence-corrected chi connectivity index (χ2v) is 5.99. The number of aryl methyl sites for hydroxylation is 1. The van der Waals surface area contributed by atoms with Crippen molar-refractivity contribution in [2.45, 2.75) is 25.4 Å². The summed E-state index contributed by atoms with van der Waals surface area (Å²) in [6.45, 7) is 0. The molecule has 0 spiro atoms. The molecule has 14 heavy (non-hydrogen) atoms. The van der Waals surface area contributed by atoms with Crippen LogP contribution in [0.4, 0.5) is 0 Å². The van der Waals surface area contributed by atoms with Gasteiger partial charge in [-0.25, -0.2) is 0 Å². The number of aliphatic hydroxyl groups excluding tert-OH is 1. The average Bonchev–Trinajstić information content (AvgIpc) is 2.87. The highest BCUT2D eigenvalue weighted by Gasteiger charge is 2.23. The number of thiophene rings is 1. The van der Waals surface area contributed by atoms with Crippen LogP contribution in [0, 0.1) is 5.92 Å². The van der Waals surface area contributed by atoms with Gasteiger partial charge in [-0.2, -0.15) is 11.8 Å². The third-order valence-corrected chi connectivity index (χ3v) is 4.90. The van der Waals surface area contributed by atoms with E-state index < -0.39 is 0 Å². The Morgan fingerprint density at radius 2 is 2.50 bits per heavy atom. The first kappa shape index (κ1) is 10.5. The minimum atomic E-state index is -0.0768. The molecular formula is C11H16OS2. The van der Waals surface area contributed by atoms with E-state index >= 15 is 0 Å². The van der Waals surface area contributed by atoms with Crippen LogP contribution in [0.15, 0.2) is 17.5 Å². The topological polar surface area (TPSA) is 20.2 Å². The molecule has 1 aliphatic heterocycles. The first-order valence-electron chi connectivity index (χ1n) is 5.14. The Bertz CT molecular complexity index is 252. The van der Waals surface area contributed by atoms with Crippen LogP contribution in [0.5, 0.6) is 0 Å². The zero-order valence-electron chi connectivity index (χ0n) is 8.19. The zero-order valence-corrected chi connectivity index (χ0v) is 9.82. The van der Waals surface area contributed by atoms with Crippen molar-refractivity contribution >= 4 is 23.1 Å². The molecule has 1 aliphatic rings. The normalized spacial score (nSPS) is 23.9. The summed E-state index contributed by atoms with van der Waals surface area (Å²) >= 11 is 3.77. The Labute approximate surface area is 93.5 Å². The smallest absolute Gasteiger partial charge is 0.0580 e. The number of hydrogen-bond acceptors (Lipinski definition) is 3. The molecule has 0 amide bonds. The van der Waals surface area contributed by atoms with Gasteiger partial charge in [-0.3, -0.25) is 0 Å². The highest BCUT2D eigenvalue weighted by Crippen LogP contribution is 2.28. The molecule has 0 saturated carbocycles. The van der Waals surface area contributed by atoms with Gasteiger partial charge in [0.1, 0.15) is 0 Å². The van der Waals surface area contributed by atoms with E-state index in [1.54, 1.807) is 11.3 Å². The fraction of sp³-hybridized carbons (Fsp3) is 0.636. The van der Waals surface area contributed by atoms with Crippen LogP contribution in [0.3, 0.4) is 0 Å². The molecule has 1 saturated heterocycles. The Kier molecular flexibility index (Phi) is 3.90. The lowest BCUT2D eigenvalue weighted by atomic mass is 9.98. The van der Waals surface area contributed by atoms with Crippen LogP contribution < -0.4 is 0 Å². The van der Waals surface area contributed by atoms with Crippen molar-refractivity contribution in [1.82, 2.24) is 0 Å². The summed E-state index contributed by atoms with van der Waals surface area (Å²) in [4.78, 5) is 1.40. The predicted molar refractivity (Wildman–Crippen MR) is 64.1 cm³/mol. The lowest BCUT2D eigenvalue weighted by Gasteiger charge is -2.16. The first-order chi connectivity index (χ1) is 6.86. The van der Waals surface area contributed by atoms with Gasteiger partial charge >= 0.3 is 0 Å². The Hall–Kier alpha value is 0.01000. The molecule has 2 heterocycles. The fourth-order valence-corrected chi connectivity index (χ4v) is 3.89. The van der Waals surface area contributed by atoms with Crippen LogP contribution in [-0.4, -0.2) is 22.7 Å². The maximum Gasteiger partial charge on any atom is 0.0580 e. The molecule has 0 bridgehead atoms. The van der Waals surface area contributed by atoms with E-state index in [1.165, 1.54) is 17.1 Å². The third kappa shape index (κ3) is 2.75. The maximum atomic E-state index is 9.94. The Morgan fingerprint density at radius 3 is 3.14 bits per heavy atom. The number of hydrogen-bond donors (Lipinski definition) is 1. The van der Waals surface area contributed by atoms with Crippen LogP contribution in [0.2, 0.25) is 0 Å². The molecular weight excluding hydrogens is 212 g/mol. The molecule has 1 fully saturated rings. The molecule has 0 aliphatic carbocycles. The van der Waals surface area contributed by atoms with Crippen molar-refractivity contribution in [2.24, 2.45) is 5.92 Å². The zero-order chi connectivity index (χ0) is 9.80. The van der Waals surface area contributed by atoms with Gasteiger partial charge in [0.2, 0.25) is 0 Å². The third-order valence-electron chi connectivity index (χ3n) is 2.78. The molecule has 2 rings (SSSR count). The summed E-state index contributed by atoms with van der Waals surface area (Å²) in [5.41, 5.74) is 0. The van der Waals surface area contributed by atoms with E-state index in [0.29, 0.717) is 5.92 Å². The van der Waals surface area contributed by atoms with Crippen molar-refractivity contribution in [3.63, 3.8) is 0 Å². The largest absolute Gasteiger partial charge is 0.393 e. The average molecular weight is 228 g/mol. The van der Waals surface area contributed by atoms with Gasteiger partial charge in [0.15, 0.2) is 0 Å². The van der Waals surface area contributed by atoms with E-state index in [4.69, 9.17) is 0 Å². The molecule has 0 radical (unpaired) electrons. The second-order valence-electron chi connectivity index (χ2n) is 3.81. The van der Waals surface area contributed by atoms with Crippen molar-refractivity contribution in [3.8, 4) is 0 Å². The summed E-state index contributed by atoms with van der Waals surface area (Å²) in [6.07, 6.45) is 3.11. The number of thioether (sulfide) groups is 1. The van der Waals surface area contributed by atoms with Gasteiger partial charge in [0.25, 0.3) is 0 Å². The van der Waals surface area contributed by atoms with Crippen LogP contribution in [0.25, 0.3) is 0 Å². The molecule has 78 valence electrons. The quantitative estimate of drug-likeness (QED) is 0.855. The fourth-order valence-electron chi connectivity index (χ4n) is 1.84. The minimum absolute atomic E-state index is 0.0768. The monoisotopic (exact) mass is 228 g/mol. The lowest BCUT2D eigenvalue weighted by Crippen LogP contribution is -2.20. The molecule has 1 aromatic heterocycles. The molecule has 1 aromatic rings. The standard InChI is InChI=1S/C11H16OS2/c12-11(9-5-7-13-8-9)4-3-10-2-1-6-14-10/h1-2,6,9,11-12H,3-5,7-8H2. The summed E-state index contributed by atoms with van der Waals surface area (Å²) < 4.78 is 0. The van der Waals surface area contributed by atoms with Gasteiger partial charge in [-0.15, -0.1) is 11.3 Å². The highest BCUT2D eigenvalue weighted by molar-refractivity contribution is 7.99. The van der Waals surface area contributed by atoms with Crippen LogP contribution in [-0.2, 0) is 6.42 Å².